The molecule has 8 nitrogen and oxygen atoms in total. The van der Waals surface area contributed by atoms with Gasteiger partial charge in [-0.15, -0.1) is 0 Å². The number of aromatic nitrogens is 2. The van der Waals surface area contributed by atoms with E-state index >= 15 is 0 Å². The van der Waals surface area contributed by atoms with Crippen LogP contribution >= 0.6 is 0 Å². The van der Waals surface area contributed by atoms with Crippen molar-refractivity contribution >= 4 is 18.9 Å². The fourth-order valence-corrected chi connectivity index (χ4v) is 5.77. The number of hydrogen-bond acceptors (Lipinski definition) is 6. The van der Waals surface area contributed by atoms with Crippen LogP contribution in [0.4, 0.5) is 0 Å². The third kappa shape index (κ3) is 9.43. The normalized spacial score (nSPS) is 17.9. The van der Waals surface area contributed by atoms with Crippen LogP contribution in [0.1, 0.15) is 101 Å². The van der Waals surface area contributed by atoms with Gasteiger partial charge in [0.15, 0.2) is 0 Å². The zero-order valence-electron chi connectivity index (χ0n) is 23.5. The summed E-state index contributed by atoms with van der Waals surface area (Å²) in [6.45, 7) is 4.16. The molecule has 0 unspecified atom stereocenters. The summed E-state index contributed by atoms with van der Waals surface area (Å²) in [5.41, 5.74) is 1.04. The molecule has 1 aromatic carbocycles. The summed E-state index contributed by atoms with van der Waals surface area (Å²) < 4.78 is 0. The van der Waals surface area contributed by atoms with Gasteiger partial charge >= 0.3 is 7.12 Å². The van der Waals surface area contributed by atoms with Crippen LogP contribution in [0.3, 0.4) is 0 Å². The van der Waals surface area contributed by atoms with Crippen LogP contribution < -0.4 is 10.6 Å². The van der Waals surface area contributed by atoms with E-state index in [1.54, 1.807) is 0 Å². The van der Waals surface area contributed by atoms with Gasteiger partial charge in [-0.2, -0.15) is 0 Å². The second-order valence-electron chi connectivity index (χ2n) is 11.4. The van der Waals surface area contributed by atoms with Gasteiger partial charge in [0.25, 0.3) is 5.91 Å². The first-order chi connectivity index (χ1) is 18.8. The molecule has 0 spiro atoms. The van der Waals surface area contributed by atoms with Crippen LogP contribution in [0.5, 0.6) is 0 Å². The Balaban J connectivity index is 1.89. The van der Waals surface area contributed by atoms with Crippen molar-refractivity contribution in [2.75, 3.05) is 0 Å². The zero-order chi connectivity index (χ0) is 28.1. The number of carbonyl (C=O) groups is 2. The van der Waals surface area contributed by atoms with E-state index < -0.39 is 30.4 Å². The molecule has 0 bridgehead atoms. The number of amides is 2. The molecule has 1 saturated carbocycles. The minimum atomic E-state index is -1.55. The lowest BCUT2D eigenvalue weighted by molar-refractivity contribution is -0.124. The van der Waals surface area contributed by atoms with Gasteiger partial charge < -0.3 is 20.7 Å². The molecule has 4 N–H and O–H groups in total. The molecular formula is C30H45BN4O4. The lowest BCUT2D eigenvalue weighted by Gasteiger charge is -2.42. The predicted octanol–water partition coefficient (Wildman–Crippen LogP) is 4.48. The lowest BCUT2D eigenvalue weighted by Crippen LogP contribution is -2.56. The molecule has 2 aromatic rings. The molecule has 1 heterocycles. The smallest absolute Gasteiger partial charge is 0.427 e. The fraction of sp³-hybridized carbons (Fsp3) is 0.600. The maximum absolute atomic E-state index is 13.9. The van der Waals surface area contributed by atoms with Gasteiger partial charge in [0.2, 0.25) is 5.91 Å². The van der Waals surface area contributed by atoms with Crippen molar-refractivity contribution in [3.05, 3.63) is 60.2 Å². The average Bonchev–Trinajstić information content (AvgIpc) is 2.98. The van der Waals surface area contributed by atoms with Crippen LogP contribution in [0.15, 0.2) is 48.9 Å². The summed E-state index contributed by atoms with van der Waals surface area (Å²) in [7, 11) is -1.55. The number of hydrogen-bond donors (Lipinski definition) is 4. The van der Waals surface area contributed by atoms with Crippen LogP contribution in [0.2, 0.25) is 5.31 Å². The SMILES string of the molecule is CC(C)C[C@H](NC(=O)[C@H](Cc1ccccc1)NC(=O)c1cnccn1)C1(B(O)O)CCCCCCCCCC1. The van der Waals surface area contributed by atoms with Gasteiger partial charge in [0.05, 0.1) is 6.20 Å². The molecule has 1 aromatic heterocycles. The maximum atomic E-state index is 13.9. The first-order valence-corrected chi connectivity index (χ1v) is 14.6. The molecule has 1 fully saturated rings. The highest BCUT2D eigenvalue weighted by Gasteiger charge is 2.48. The standard InChI is InChI=1S/C30H45BN4O4/c1-23(2)20-27(30(31(38)39)16-12-7-5-3-4-6-8-13-17-30)35-28(36)25(21-24-14-10-9-11-15-24)34-29(37)26-22-32-18-19-33-26/h9-11,14-15,18-19,22-23,25,27,38-39H,3-8,12-13,16-17,20-21H2,1-2H3,(H,34,37)(H,35,36)/t25-,27-/m0/s1. The third-order valence-electron chi connectivity index (χ3n) is 7.97. The second-order valence-corrected chi connectivity index (χ2v) is 11.4. The van der Waals surface area contributed by atoms with Gasteiger partial charge in [0, 0.05) is 30.2 Å². The van der Waals surface area contributed by atoms with Crippen LogP contribution in [-0.4, -0.2) is 51.0 Å². The van der Waals surface area contributed by atoms with E-state index in [0.29, 0.717) is 25.7 Å². The van der Waals surface area contributed by atoms with E-state index in [1.165, 1.54) is 31.4 Å². The van der Waals surface area contributed by atoms with E-state index in [9.17, 15) is 19.6 Å². The van der Waals surface area contributed by atoms with Crippen molar-refractivity contribution in [3.8, 4) is 0 Å². The highest BCUT2D eigenvalue weighted by Crippen LogP contribution is 2.46. The zero-order valence-corrected chi connectivity index (χ0v) is 23.5. The third-order valence-corrected chi connectivity index (χ3v) is 7.97. The molecule has 0 aliphatic heterocycles. The minimum absolute atomic E-state index is 0.132. The number of nitrogens with one attached hydrogen (secondary N) is 2. The van der Waals surface area contributed by atoms with E-state index in [1.807, 2.05) is 30.3 Å². The number of nitrogens with zero attached hydrogens (tertiary/aromatic N) is 2. The lowest BCUT2D eigenvalue weighted by atomic mass is 9.49. The summed E-state index contributed by atoms with van der Waals surface area (Å²) in [6, 6.07) is 8.23. The monoisotopic (exact) mass is 536 g/mol. The quantitative estimate of drug-likeness (QED) is 0.332. The molecule has 2 amide bonds. The largest absolute Gasteiger partial charge is 0.460 e. The Hall–Kier alpha value is -2.78. The Kier molecular flexibility index (Phi) is 12.4. The molecule has 1 aliphatic rings. The van der Waals surface area contributed by atoms with Crippen molar-refractivity contribution < 1.29 is 19.6 Å². The van der Waals surface area contributed by atoms with E-state index in [0.717, 1.165) is 44.1 Å². The topological polar surface area (TPSA) is 124 Å². The van der Waals surface area contributed by atoms with Gasteiger partial charge in [-0.05, 0) is 30.7 Å². The summed E-state index contributed by atoms with van der Waals surface area (Å²) >= 11 is 0. The average molecular weight is 537 g/mol. The Labute approximate surface area is 233 Å². The van der Waals surface area contributed by atoms with Crippen LogP contribution in [0.25, 0.3) is 0 Å². The fourth-order valence-electron chi connectivity index (χ4n) is 5.77. The molecule has 2 atom stereocenters. The van der Waals surface area contributed by atoms with E-state index in [4.69, 9.17) is 0 Å². The van der Waals surface area contributed by atoms with Crippen LogP contribution in [-0.2, 0) is 11.2 Å². The maximum Gasteiger partial charge on any atom is 0.460 e. The molecule has 1 aliphatic carbocycles. The molecule has 0 saturated heterocycles. The Morgan fingerprint density at radius 3 is 2.08 bits per heavy atom. The highest BCUT2D eigenvalue weighted by molar-refractivity contribution is 6.46. The summed E-state index contributed by atoms with van der Waals surface area (Å²) in [6.07, 6.45) is 15.1. The number of carbonyl (C=O) groups excluding carboxylic acids is 2. The van der Waals surface area contributed by atoms with Gasteiger partial charge in [-0.25, -0.2) is 4.98 Å². The molecular weight excluding hydrogens is 491 g/mol. The van der Waals surface area contributed by atoms with Gasteiger partial charge in [-0.1, -0.05) is 95.5 Å². The van der Waals surface area contributed by atoms with Crippen molar-refractivity contribution in [2.45, 2.75) is 108 Å². The molecule has 39 heavy (non-hydrogen) atoms. The van der Waals surface area contributed by atoms with Crippen molar-refractivity contribution in [3.63, 3.8) is 0 Å². The molecule has 3 rings (SSSR count). The van der Waals surface area contributed by atoms with Gasteiger partial charge in [0.1, 0.15) is 11.7 Å². The Morgan fingerprint density at radius 1 is 0.923 bits per heavy atom. The summed E-state index contributed by atoms with van der Waals surface area (Å²) in [5, 5.41) is 26.9. The molecule has 212 valence electrons. The van der Waals surface area contributed by atoms with Crippen molar-refractivity contribution in [1.82, 2.24) is 20.6 Å². The van der Waals surface area contributed by atoms with Crippen molar-refractivity contribution in [1.29, 1.82) is 0 Å². The molecule has 9 heteroatoms. The number of benzene rings is 1. The summed E-state index contributed by atoms with van der Waals surface area (Å²) in [5.74, 6) is -0.589. The van der Waals surface area contributed by atoms with Crippen LogP contribution in [0, 0.1) is 5.92 Å². The highest BCUT2D eigenvalue weighted by atomic mass is 16.4. The number of rotatable bonds is 10. The van der Waals surface area contributed by atoms with E-state index in [2.05, 4.69) is 34.4 Å². The Morgan fingerprint density at radius 2 is 1.54 bits per heavy atom. The first-order valence-electron chi connectivity index (χ1n) is 14.6. The first kappa shape index (κ1) is 30.8. The molecule has 0 radical (unpaired) electrons. The summed E-state index contributed by atoms with van der Waals surface area (Å²) in [4.78, 5) is 35.0. The second kappa shape index (κ2) is 15.7. The van der Waals surface area contributed by atoms with E-state index in [-0.39, 0.29) is 17.5 Å². The van der Waals surface area contributed by atoms with Crippen molar-refractivity contribution in [2.24, 2.45) is 5.92 Å². The van der Waals surface area contributed by atoms with Gasteiger partial charge in [-0.3, -0.25) is 14.6 Å². The minimum Gasteiger partial charge on any atom is -0.427 e. The Bertz CT molecular complexity index is 995. The predicted molar refractivity (Wildman–Crippen MR) is 154 cm³/mol.